The SMILES string of the molecule is C[N+](C)(C)CCCCCCCCCCOc1ccc(N=Nc2ccc(C#N)cc2)cc1. The van der Waals surface area contributed by atoms with E-state index in [0.29, 0.717) is 5.56 Å². The Morgan fingerprint density at radius 3 is 1.71 bits per heavy atom. The monoisotopic (exact) mass is 421 g/mol. The Morgan fingerprint density at radius 1 is 0.710 bits per heavy atom. The Bertz CT molecular complexity index is 814. The Morgan fingerprint density at radius 2 is 1.19 bits per heavy atom. The van der Waals surface area contributed by atoms with E-state index in [2.05, 4.69) is 37.4 Å². The quantitative estimate of drug-likeness (QED) is 0.184. The zero-order valence-electron chi connectivity index (χ0n) is 19.4. The van der Waals surface area contributed by atoms with Gasteiger partial charge in [-0.25, -0.2) is 0 Å². The fourth-order valence-corrected chi connectivity index (χ4v) is 3.27. The highest BCUT2D eigenvalue weighted by Crippen LogP contribution is 2.22. The first-order valence-electron chi connectivity index (χ1n) is 11.4. The van der Waals surface area contributed by atoms with Crippen LogP contribution in [0.25, 0.3) is 0 Å². The Balaban J connectivity index is 1.53. The summed E-state index contributed by atoms with van der Waals surface area (Å²) in [6, 6.07) is 16.8. The first-order chi connectivity index (χ1) is 15.0. The van der Waals surface area contributed by atoms with E-state index >= 15 is 0 Å². The van der Waals surface area contributed by atoms with Gasteiger partial charge in [-0.3, -0.25) is 0 Å². The average Bonchev–Trinajstić information content (AvgIpc) is 2.76. The van der Waals surface area contributed by atoms with Crippen LogP contribution in [0.1, 0.15) is 56.9 Å². The third kappa shape index (κ3) is 11.3. The summed E-state index contributed by atoms with van der Waals surface area (Å²) in [5, 5.41) is 17.2. The topological polar surface area (TPSA) is 57.7 Å². The highest BCUT2D eigenvalue weighted by Gasteiger charge is 2.05. The van der Waals surface area contributed by atoms with Gasteiger partial charge in [0.2, 0.25) is 0 Å². The van der Waals surface area contributed by atoms with Crippen LogP contribution in [0.4, 0.5) is 11.4 Å². The van der Waals surface area contributed by atoms with Crippen LogP contribution in [0, 0.1) is 11.3 Å². The van der Waals surface area contributed by atoms with E-state index in [-0.39, 0.29) is 0 Å². The van der Waals surface area contributed by atoms with Gasteiger partial charge in [0, 0.05) is 0 Å². The smallest absolute Gasteiger partial charge is 0.119 e. The van der Waals surface area contributed by atoms with Crippen molar-refractivity contribution in [3.63, 3.8) is 0 Å². The largest absolute Gasteiger partial charge is 0.494 e. The molecule has 0 amide bonds. The van der Waals surface area contributed by atoms with Gasteiger partial charge in [0.1, 0.15) is 5.75 Å². The van der Waals surface area contributed by atoms with Gasteiger partial charge in [0.05, 0.1) is 57.3 Å². The second kappa shape index (κ2) is 13.6. The lowest BCUT2D eigenvalue weighted by Crippen LogP contribution is -2.35. The molecule has 0 spiro atoms. The molecule has 5 nitrogen and oxygen atoms in total. The molecule has 0 bridgehead atoms. The molecule has 0 N–H and O–H groups in total. The molecule has 0 aliphatic heterocycles. The van der Waals surface area contributed by atoms with Crippen LogP contribution in [0.5, 0.6) is 5.75 Å². The molecule has 0 radical (unpaired) electrons. The fraction of sp³-hybridized carbons (Fsp3) is 0.500. The zero-order valence-corrected chi connectivity index (χ0v) is 19.4. The molecule has 0 fully saturated rings. The minimum atomic E-state index is 0.617. The summed E-state index contributed by atoms with van der Waals surface area (Å²) < 4.78 is 6.91. The van der Waals surface area contributed by atoms with E-state index in [0.717, 1.165) is 34.6 Å². The normalized spacial score (nSPS) is 11.5. The summed E-state index contributed by atoms with van der Waals surface area (Å²) in [6.45, 7) is 2.04. The lowest BCUT2D eigenvalue weighted by Gasteiger charge is -2.23. The van der Waals surface area contributed by atoms with Crippen molar-refractivity contribution >= 4 is 11.4 Å². The molecule has 0 unspecified atom stereocenters. The maximum atomic E-state index is 8.82. The van der Waals surface area contributed by atoms with Crippen LogP contribution >= 0.6 is 0 Å². The summed E-state index contributed by atoms with van der Waals surface area (Å²) in [5.74, 6) is 0.870. The van der Waals surface area contributed by atoms with Crippen LogP contribution < -0.4 is 4.74 Å². The molecular weight excluding hydrogens is 384 g/mol. The maximum Gasteiger partial charge on any atom is 0.119 e. The average molecular weight is 422 g/mol. The minimum Gasteiger partial charge on any atom is -0.494 e. The Labute approximate surface area is 188 Å². The van der Waals surface area contributed by atoms with Crippen LogP contribution in [-0.4, -0.2) is 38.8 Å². The van der Waals surface area contributed by atoms with Crippen molar-refractivity contribution in [2.45, 2.75) is 51.4 Å². The number of ether oxygens (including phenoxy) is 1. The van der Waals surface area contributed by atoms with E-state index in [4.69, 9.17) is 10.00 Å². The van der Waals surface area contributed by atoms with Gasteiger partial charge < -0.3 is 9.22 Å². The molecule has 0 aliphatic rings. The Kier molecular flexibility index (Phi) is 10.7. The standard InChI is InChI=1S/C26H37N4O/c1-30(2,3)20-10-8-6-4-5-7-9-11-21-31-26-18-16-25(17-19-26)29-28-24-14-12-23(22-27)13-15-24/h12-19H,4-11,20-21H2,1-3H3/q+1. The highest BCUT2D eigenvalue weighted by atomic mass is 16.5. The van der Waals surface area contributed by atoms with E-state index in [1.807, 2.05) is 24.3 Å². The van der Waals surface area contributed by atoms with Gasteiger partial charge in [-0.15, -0.1) is 0 Å². The molecule has 166 valence electrons. The van der Waals surface area contributed by atoms with Crippen molar-refractivity contribution in [3.8, 4) is 11.8 Å². The lowest BCUT2D eigenvalue weighted by atomic mass is 10.1. The highest BCUT2D eigenvalue weighted by molar-refractivity contribution is 5.44. The first kappa shape index (κ1) is 24.6. The van der Waals surface area contributed by atoms with E-state index < -0.39 is 0 Å². The van der Waals surface area contributed by atoms with Crippen molar-refractivity contribution in [3.05, 3.63) is 54.1 Å². The minimum absolute atomic E-state index is 0.617. The predicted octanol–water partition coefficient (Wildman–Crippen LogP) is 7.18. The molecule has 0 aliphatic carbocycles. The van der Waals surface area contributed by atoms with Gasteiger partial charge in [-0.1, -0.05) is 32.1 Å². The van der Waals surface area contributed by atoms with Crippen molar-refractivity contribution in [2.75, 3.05) is 34.3 Å². The third-order valence-corrected chi connectivity index (χ3v) is 5.11. The van der Waals surface area contributed by atoms with Crippen LogP contribution in [0.3, 0.4) is 0 Å². The number of azo groups is 1. The second-order valence-corrected chi connectivity index (χ2v) is 9.04. The number of quaternary nitrogens is 1. The van der Waals surface area contributed by atoms with Gasteiger partial charge in [0.15, 0.2) is 0 Å². The molecule has 2 aromatic rings. The van der Waals surface area contributed by atoms with Crippen LogP contribution in [0.15, 0.2) is 58.8 Å². The number of hydrogen-bond acceptors (Lipinski definition) is 4. The molecule has 0 aromatic heterocycles. The van der Waals surface area contributed by atoms with Gasteiger partial charge in [-0.05, 0) is 67.8 Å². The fourth-order valence-electron chi connectivity index (χ4n) is 3.27. The van der Waals surface area contributed by atoms with Gasteiger partial charge in [0.25, 0.3) is 0 Å². The molecule has 0 heterocycles. The number of unbranched alkanes of at least 4 members (excludes halogenated alkanes) is 7. The summed E-state index contributed by atoms with van der Waals surface area (Å²) in [7, 11) is 6.79. The molecule has 2 aromatic carbocycles. The Hall–Kier alpha value is -2.71. The maximum absolute atomic E-state index is 8.82. The summed E-state index contributed by atoms with van der Waals surface area (Å²) in [5.41, 5.74) is 2.12. The first-order valence-corrected chi connectivity index (χ1v) is 11.4. The van der Waals surface area contributed by atoms with Crippen molar-refractivity contribution in [2.24, 2.45) is 10.2 Å². The van der Waals surface area contributed by atoms with E-state index in [9.17, 15) is 0 Å². The molecule has 0 saturated carbocycles. The molecule has 2 rings (SSSR count). The summed E-state index contributed by atoms with van der Waals surface area (Å²) in [4.78, 5) is 0. The summed E-state index contributed by atoms with van der Waals surface area (Å²) >= 11 is 0. The molecule has 5 heteroatoms. The number of rotatable bonds is 14. The lowest BCUT2D eigenvalue weighted by molar-refractivity contribution is -0.870. The van der Waals surface area contributed by atoms with Crippen molar-refractivity contribution in [1.29, 1.82) is 5.26 Å². The number of hydrogen-bond donors (Lipinski definition) is 0. The third-order valence-electron chi connectivity index (χ3n) is 5.11. The molecule has 31 heavy (non-hydrogen) atoms. The number of nitriles is 1. The van der Waals surface area contributed by atoms with Crippen molar-refractivity contribution < 1.29 is 9.22 Å². The van der Waals surface area contributed by atoms with Crippen LogP contribution in [0.2, 0.25) is 0 Å². The van der Waals surface area contributed by atoms with Gasteiger partial charge in [-0.2, -0.15) is 15.5 Å². The van der Waals surface area contributed by atoms with E-state index in [1.165, 1.54) is 51.5 Å². The number of benzene rings is 2. The molecule has 0 saturated heterocycles. The second-order valence-electron chi connectivity index (χ2n) is 9.04. The van der Waals surface area contributed by atoms with Crippen LogP contribution in [-0.2, 0) is 0 Å². The van der Waals surface area contributed by atoms with E-state index in [1.54, 1.807) is 24.3 Å². The molecule has 0 atom stereocenters. The van der Waals surface area contributed by atoms with Crippen molar-refractivity contribution in [1.82, 2.24) is 0 Å². The zero-order chi connectivity index (χ0) is 22.4. The van der Waals surface area contributed by atoms with Gasteiger partial charge >= 0.3 is 0 Å². The summed E-state index contributed by atoms with van der Waals surface area (Å²) in [6.07, 6.45) is 10.4. The molecular formula is C26H37N4O+. The predicted molar refractivity (Wildman–Crippen MR) is 127 cm³/mol. The number of nitrogens with zero attached hydrogens (tertiary/aromatic N) is 4.